The number of carbonyl (C=O) groups excluding carboxylic acids is 2. The first-order valence-electron chi connectivity index (χ1n) is 4.36. The summed E-state index contributed by atoms with van der Waals surface area (Å²) in [5.74, 6) is -1.53. The lowest BCUT2D eigenvalue weighted by Crippen LogP contribution is -2.18. The Labute approximate surface area is 97.1 Å². The van der Waals surface area contributed by atoms with Gasteiger partial charge in [-0.2, -0.15) is 0 Å². The summed E-state index contributed by atoms with van der Waals surface area (Å²) in [5.41, 5.74) is 0.574. The standard InChI is InChI=1S/C11H9ClO4/c1-7(13)16-10-4-2-8(6-9(10)12)3-5-11(14)15/h2-6H,1H3,(H,14,15)/p-1/b5-3+. The van der Waals surface area contributed by atoms with Crippen molar-refractivity contribution < 1.29 is 19.4 Å². The van der Waals surface area contributed by atoms with E-state index in [9.17, 15) is 14.7 Å². The molecule has 0 fully saturated rings. The molecule has 1 aromatic rings. The summed E-state index contributed by atoms with van der Waals surface area (Å²) >= 11 is 5.81. The maximum atomic E-state index is 10.7. The fourth-order valence-electron chi connectivity index (χ4n) is 1.02. The summed E-state index contributed by atoms with van der Waals surface area (Å²) < 4.78 is 4.80. The average Bonchev–Trinajstić information content (AvgIpc) is 2.18. The van der Waals surface area contributed by atoms with Crippen molar-refractivity contribution in [2.75, 3.05) is 0 Å². The van der Waals surface area contributed by atoms with Crippen molar-refractivity contribution in [1.29, 1.82) is 0 Å². The SMILES string of the molecule is CC(=O)Oc1ccc(/C=C/C(=O)[O-])cc1Cl. The van der Waals surface area contributed by atoms with Gasteiger partial charge in [0.25, 0.3) is 0 Å². The van der Waals surface area contributed by atoms with Gasteiger partial charge in [0.05, 0.1) is 11.0 Å². The molecule has 0 saturated carbocycles. The van der Waals surface area contributed by atoms with E-state index in [-0.39, 0.29) is 10.8 Å². The Morgan fingerprint density at radius 1 is 1.44 bits per heavy atom. The fraction of sp³-hybridized carbons (Fsp3) is 0.0909. The number of benzene rings is 1. The van der Waals surface area contributed by atoms with Gasteiger partial charge in [-0.05, 0) is 23.8 Å². The molecule has 0 amide bonds. The number of esters is 1. The third-order valence-electron chi connectivity index (χ3n) is 1.62. The van der Waals surface area contributed by atoms with Gasteiger partial charge in [0, 0.05) is 6.92 Å². The number of rotatable bonds is 3. The smallest absolute Gasteiger partial charge is 0.308 e. The minimum absolute atomic E-state index is 0.232. The second-order valence-electron chi connectivity index (χ2n) is 2.94. The van der Waals surface area contributed by atoms with E-state index in [1.165, 1.54) is 25.1 Å². The van der Waals surface area contributed by atoms with Crippen LogP contribution in [0, 0.1) is 0 Å². The Morgan fingerprint density at radius 2 is 2.12 bits per heavy atom. The number of carboxylic acids is 1. The van der Waals surface area contributed by atoms with Crippen LogP contribution in [0.2, 0.25) is 5.02 Å². The highest BCUT2D eigenvalue weighted by molar-refractivity contribution is 6.32. The Hall–Kier alpha value is -1.81. The van der Waals surface area contributed by atoms with Crippen molar-refractivity contribution in [3.8, 4) is 5.75 Å². The predicted molar refractivity (Wildman–Crippen MR) is 56.8 cm³/mol. The minimum Gasteiger partial charge on any atom is -0.545 e. The van der Waals surface area contributed by atoms with Crippen LogP contribution in [0.25, 0.3) is 6.08 Å². The molecule has 0 aliphatic carbocycles. The van der Waals surface area contributed by atoms with Gasteiger partial charge in [0.1, 0.15) is 5.75 Å². The van der Waals surface area contributed by atoms with Crippen LogP contribution < -0.4 is 9.84 Å². The lowest BCUT2D eigenvalue weighted by atomic mass is 10.2. The second kappa shape index (κ2) is 5.32. The molecule has 1 rings (SSSR count). The van der Waals surface area contributed by atoms with Crippen LogP contribution in [-0.4, -0.2) is 11.9 Å². The Balaban J connectivity index is 2.90. The molecule has 1 aromatic carbocycles. The third kappa shape index (κ3) is 3.74. The van der Waals surface area contributed by atoms with Crippen molar-refractivity contribution in [1.82, 2.24) is 0 Å². The molecule has 0 bridgehead atoms. The molecule has 0 unspecified atom stereocenters. The summed E-state index contributed by atoms with van der Waals surface area (Å²) in [6.45, 7) is 1.26. The van der Waals surface area contributed by atoms with E-state index < -0.39 is 11.9 Å². The summed E-state index contributed by atoms with van der Waals surface area (Å²) in [5, 5.41) is 10.4. The second-order valence-corrected chi connectivity index (χ2v) is 3.34. The Kier molecular flexibility index (Phi) is 4.08. The predicted octanol–water partition coefficient (Wildman–Crippen LogP) is 1.03. The Morgan fingerprint density at radius 3 is 2.62 bits per heavy atom. The highest BCUT2D eigenvalue weighted by Crippen LogP contribution is 2.26. The average molecular weight is 240 g/mol. The van der Waals surface area contributed by atoms with E-state index in [0.29, 0.717) is 5.56 Å². The number of hydrogen-bond donors (Lipinski definition) is 0. The number of aliphatic carboxylic acids is 1. The van der Waals surface area contributed by atoms with Crippen molar-refractivity contribution in [3.05, 3.63) is 34.9 Å². The van der Waals surface area contributed by atoms with Crippen molar-refractivity contribution in [2.24, 2.45) is 0 Å². The highest BCUT2D eigenvalue weighted by atomic mass is 35.5. The van der Waals surface area contributed by atoms with Gasteiger partial charge < -0.3 is 14.6 Å². The van der Waals surface area contributed by atoms with Crippen molar-refractivity contribution in [2.45, 2.75) is 6.92 Å². The van der Waals surface area contributed by atoms with E-state index in [2.05, 4.69) is 0 Å². The number of ether oxygens (including phenoxy) is 1. The summed E-state index contributed by atoms with van der Waals surface area (Å²) in [6, 6.07) is 4.54. The normalized spacial score (nSPS) is 10.4. The molecule has 5 heteroatoms. The van der Waals surface area contributed by atoms with Gasteiger partial charge in [-0.1, -0.05) is 23.7 Å². The quantitative estimate of drug-likeness (QED) is 0.449. The molecule has 0 aromatic heterocycles. The molecule has 0 saturated heterocycles. The van der Waals surface area contributed by atoms with E-state index in [1.807, 2.05) is 0 Å². The molecule has 0 atom stereocenters. The lowest BCUT2D eigenvalue weighted by molar-refractivity contribution is -0.297. The van der Waals surface area contributed by atoms with E-state index in [0.717, 1.165) is 6.08 Å². The summed E-state index contributed by atoms with van der Waals surface area (Å²) in [4.78, 5) is 20.9. The van der Waals surface area contributed by atoms with Crippen molar-refractivity contribution in [3.63, 3.8) is 0 Å². The van der Waals surface area contributed by atoms with Gasteiger partial charge in [-0.25, -0.2) is 0 Å². The number of carboxylic acid groups (broad SMARTS) is 1. The van der Waals surface area contributed by atoms with Crippen LogP contribution in [0.1, 0.15) is 12.5 Å². The van der Waals surface area contributed by atoms with E-state index in [4.69, 9.17) is 16.3 Å². The molecule has 84 valence electrons. The van der Waals surface area contributed by atoms with Gasteiger partial charge in [-0.15, -0.1) is 0 Å². The molecule has 0 aliphatic heterocycles. The first-order valence-corrected chi connectivity index (χ1v) is 4.74. The summed E-state index contributed by atoms with van der Waals surface area (Å²) in [7, 11) is 0. The van der Waals surface area contributed by atoms with Gasteiger partial charge >= 0.3 is 5.97 Å². The molecule has 0 aliphatic rings. The zero-order valence-electron chi connectivity index (χ0n) is 8.40. The monoisotopic (exact) mass is 239 g/mol. The highest BCUT2D eigenvalue weighted by Gasteiger charge is 2.04. The maximum Gasteiger partial charge on any atom is 0.308 e. The maximum absolute atomic E-state index is 10.7. The molecule has 0 heterocycles. The van der Waals surface area contributed by atoms with Crippen LogP contribution in [0.15, 0.2) is 24.3 Å². The molecule has 0 N–H and O–H groups in total. The number of halogens is 1. The van der Waals surface area contributed by atoms with Crippen LogP contribution in [0.3, 0.4) is 0 Å². The topological polar surface area (TPSA) is 66.4 Å². The first-order chi connectivity index (χ1) is 7.49. The van der Waals surface area contributed by atoms with Gasteiger partial charge in [-0.3, -0.25) is 4.79 Å². The zero-order chi connectivity index (χ0) is 12.1. The molecule has 0 radical (unpaired) electrons. The van der Waals surface area contributed by atoms with Crippen LogP contribution in [0.4, 0.5) is 0 Å². The van der Waals surface area contributed by atoms with Crippen LogP contribution in [-0.2, 0) is 9.59 Å². The lowest BCUT2D eigenvalue weighted by Gasteiger charge is -2.04. The summed E-state index contributed by atoms with van der Waals surface area (Å²) in [6.07, 6.45) is 2.22. The van der Waals surface area contributed by atoms with Crippen LogP contribution in [0.5, 0.6) is 5.75 Å². The molecule has 0 spiro atoms. The molecular weight excluding hydrogens is 232 g/mol. The number of carbonyl (C=O) groups is 2. The van der Waals surface area contributed by atoms with Crippen LogP contribution >= 0.6 is 11.6 Å². The molecule has 16 heavy (non-hydrogen) atoms. The molecular formula is C11H8ClO4-. The van der Waals surface area contributed by atoms with Gasteiger partial charge in [0.2, 0.25) is 0 Å². The minimum atomic E-state index is -1.29. The van der Waals surface area contributed by atoms with E-state index in [1.54, 1.807) is 6.07 Å². The Bertz CT molecular complexity index is 451. The fourth-order valence-corrected chi connectivity index (χ4v) is 1.25. The number of hydrogen-bond acceptors (Lipinski definition) is 4. The van der Waals surface area contributed by atoms with Crippen molar-refractivity contribution >= 4 is 29.6 Å². The third-order valence-corrected chi connectivity index (χ3v) is 1.92. The van der Waals surface area contributed by atoms with Gasteiger partial charge in [0.15, 0.2) is 0 Å². The first kappa shape index (κ1) is 12.3. The molecule has 4 nitrogen and oxygen atoms in total. The van der Waals surface area contributed by atoms with E-state index >= 15 is 0 Å². The largest absolute Gasteiger partial charge is 0.545 e. The zero-order valence-corrected chi connectivity index (χ0v) is 9.15.